The Morgan fingerprint density at radius 1 is 1.40 bits per heavy atom. The van der Waals surface area contributed by atoms with E-state index < -0.39 is 0 Å². The summed E-state index contributed by atoms with van der Waals surface area (Å²) in [4.78, 5) is 8.81. The summed E-state index contributed by atoms with van der Waals surface area (Å²) >= 11 is 6.22. The first-order valence-electron chi connectivity index (χ1n) is 7.43. The minimum absolute atomic E-state index is 0.118. The lowest BCUT2D eigenvalue weighted by atomic mass is 9.89. The number of nitrogens with one attached hydrogen (secondary N) is 1. The van der Waals surface area contributed by atoms with E-state index in [0.717, 1.165) is 25.1 Å². The average Bonchev–Trinajstić information content (AvgIpc) is 2.35. The van der Waals surface area contributed by atoms with Crippen LogP contribution in [0.1, 0.15) is 45.2 Å². The maximum atomic E-state index is 6.22. The molecule has 1 aliphatic rings. The minimum Gasteiger partial charge on any atom is -0.475 e. The van der Waals surface area contributed by atoms with Crippen LogP contribution in [0.25, 0.3) is 0 Å². The van der Waals surface area contributed by atoms with Crippen LogP contribution in [0.4, 0.5) is 5.95 Å². The fourth-order valence-corrected chi connectivity index (χ4v) is 2.97. The highest BCUT2D eigenvalue weighted by atomic mass is 35.5. The van der Waals surface area contributed by atoms with Crippen LogP contribution >= 0.6 is 11.6 Å². The topological polar surface area (TPSA) is 47.0 Å². The Kier molecular flexibility index (Phi) is 5.46. The molecule has 0 aliphatic heterocycles. The van der Waals surface area contributed by atoms with E-state index >= 15 is 0 Å². The van der Waals surface area contributed by atoms with Crippen LogP contribution in [0.5, 0.6) is 5.88 Å². The lowest BCUT2D eigenvalue weighted by molar-refractivity contribution is 0.232. The van der Waals surface area contributed by atoms with Crippen molar-refractivity contribution in [2.24, 2.45) is 5.92 Å². The number of ether oxygens (including phenoxy) is 1. The van der Waals surface area contributed by atoms with Crippen molar-refractivity contribution in [1.82, 2.24) is 9.97 Å². The Hall–Kier alpha value is -1.03. The molecule has 1 heterocycles. The second-order valence-electron chi connectivity index (χ2n) is 5.85. The summed E-state index contributed by atoms with van der Waals surface area (Å²) in [6.07, 6.45) is 4.79. The number of hydrogen-bond donors (Lipinski definition) is 1. The van der Waals surface area contributed by atoms with Crippen molar-refractivity contribution in [3.8, 4) is 5.88 Å². The standard InChI is InChI=1S/C15H24ClN3O/c1-10(2)20-14-7-11(3)18-15(19-14)17-9-12-5-4-6-13(16)8-12/h7,10,12-13H,4-6,8-9H2,1-3H3,(H,17,18,19). The monoisotopic (exact) mass is 297 g/mol. The number of alkyl halides is 1. The van der Waals surface area contributed by atoms with Gasteiger partial charge in [-0.05, 0) is 46.0 Å². The molecule has 5 heteroatoms. The maximum Gasteiger partial charge on any atom is 0.226 e. The van der Waals surface area contributed by atoms with Gasteiger partial charge in [0.15, 0.2) is 0 Å². The normalized spacial score (nSPS) is 22.9. The Morgan fingerprint density at radius 3 is 2.90 bits per heavy atom. The van der Waals surface area contributed by atoms with Crippen molar-refractivity contribution in [1.29, 1.82) is 0 Å². The SMILES string of the molecule is Cc1cc(OC(C)C)nc(NCC2CCCC(Cl)C2)n1. The van der Waals surface area contributed by atoms with Gasteiger partial charge in [0.25, 0.3) is 0 Å². The predicted molar refractivity (Wildman–Crippen MR) is 82.6 cm³/mol. The zero-order chi connectivity index (χ0) is 14.5. The summed E-state index contributed by atoms with van der Waals surface area (Å²) in [6, 6.07) is 1.86. The first-order chi connectivity index (χ1) is 9.52. The lowest BCUT2D eigenvalue weighted by Crippen LogP contribution is -2.23. The Bertz CT molecular complexity index is 439. The fraction of sp³-hybridized carbons (Fsp3) is 0.733. The zero-order valence-corrected chi connectivity index (χ0v) is 13.3. The molecule has 1 aromatic heterocycles. The van der Waals surface area contributed by atoms with Crippen LogP contribution in [0.15, 0.2) is 6.07 Å². The second-order valence-corrected chi connectivity index (χ2v) is 6.47. The summed E-state index contributed by atoms with van der Waals surface area (Å²) in [5, 5.41) is 3.66. The molecule has 0 radical (unpaired) electrons. The molecule has 1 saturated carbocycles. The quantitative estimate of drug-likeness (QED) is 0.840. The molecular weight excluding hydrogens is 274 g/mol. The minimum atomic E-state index is 0.118. The van der Waals surface area contributed by atoms with E-state index in [9.17, 15) is 0 Å². The van der Waals surface area contributed by atoms with Gasteiger partial charge < -0.3 is 10.1 Å². The molecular formula is C15H24ClN3O. The summed E-state index contributed by atoms with van der Waals surface area (Å²) in [5.41, 5.74) is 0.914. The molecule has 1 aliphatic carbocycles. The third-order valence-electron chi connectivity index (χ3n) is 3.45. The summed E-state index contributed by atoms with van der Waals surface area (Å²) in [7, 11) is 0. The third kappa shape index (κ3) is 4.82. The van der Waals surface area contributed by atoms with Crippen molar-refractivity contribution < 1.29 is 4.74 Å². The van der Waals surface area contributed by atoms with Gasteiger partial charge in [0.2, 0.25) is 11.8 Å². The molecule has 1 N–H and O–H groups in total. The van der Waals surface area contributed by atoms with Crippen molar-refractivity contribution in [3.63, 3.8) is 0 Å². The first kappa shape index (κ1) is 15.4. The van der Waals surface area contributed by atoms with Gasteiger partial charge in [-0.3, -0.25) is 0 Å². The summed E-state index contributed by atoms with van der Waals surface area (Å²) in [5.74, 6) is 1.90. The van der Waals surface area contributed by atoms with Gasteiger partial charge in [-0.15, -0.1) is 11.6 Å². The van der Waals surface area contributed by atoms with Gasteiger partial charge in [0.05, 0.1) is 6.10 Å². The molecule has 4 nitrogen and oxygen atoms in total. The highest BCUT2D eigenvalue weighted by molar-refractivity contribution is 6.20. The molecule has 112 valence electrons. The molecule has 20 heavy (non-hydrogen) atoms. The fourth-order valence-electron chi connectivity index (χ4n) is 2.57. The molecule has 0 saturated heterocycles. The van der Waals surface area contributed by atoms with E-state index in [1.54, 1.807) is 0 Å². The lowest BCUT2D eigenvalue weighted by Gasteiger charge is -2.25. The zero-order valence-electron chi connectivity index (χ0n) is 12.5. The van der Waals surface area contributed by atoms with Crippen LogP contribution in [0.2, 0.25) is 0 Å². The number of rotatable bonds is 5. The van der Waals surface area contributed by atoms with E-state index in [0.29, 0.717) is 23.1 Å². The maximum absolute atomic E-state index is 6.22. The molecule has 2 atom stereocenters. The molecule has 0 bridgehead atoms. The number of hydrogen-bond acceptors (Lipinski definition) is 4. The first-order valence-corrected chi connectivity index (χ1v) is 7.87. The van der Waals surface area contributed by atoms with Crippen LogP contribution in [0, 0.1) is 12.8 Å². The van der Waals surface area contributed by atoms with Crippen molar-refractivity contribution >= 4 is 17.5 Å². The molecule has 2 unspecified atom stereocenters. The highest BCUT2D eigenvalue weighted by Gasteiger charge is 2.20. The number of anilines is 1. The van der Waals surface area contributed by atoms with Gasteiger partial charge >= 0.3 is 0 Å². The van der Waals surface area contributed by atoms with Crippen molar-refractivity contribution in [3.05, 3.63) is 11.8 Å². The molecule has 0 aromatic carbocycles. The van der Waals surface area contributed by atoms with Crippen LogP contribution in [-0.2, 0) is 0 Å². The largest absolute Gasteiger partial charge is 0.475 e. The number of halogens is 1. The number of aryl methyl sites for hydroxylation is 1. The van der Waals surface area contributed by atoms with E-state index in [2.05, 4.69) is 15.3 Å². The van der Waals surface area contributed by atoms with Crippen LogP contribution in [0.3, 0.4) is 0 Å². The van der Waals surface area contributed by atoms with E-state index in [1.165, 1.54) is 12.8 Å². The summed E-state index contributed by atoms with van der Waals surface area (Å²) < 4.78 is 5.63. The van der Waals surface area contributed by atoms with Crippen LogP contribution in [-0.4, -0.2) is 28.0 Å². The summed E-state index contributed by atoms with van der Waals surface area (Å²) in [6.45, 7) is 6.82. The molecule has 1 aromatic rings. The molecule has 1 fully saturated rings. The van der Waals surface area contributed by atoms with Crippen molar-refractivity contribution in [2.75, 3.05) is 11.9 Å². The Morgan fingerprint density at radius 2 is 2.20 bits per heavy atom. The third-order valence-corrected chi connectivity index (χ3v) is 3.85. The average molecular weight is 298 g/mol. The number of nitrogens with zero attached hydrogens (tertiary/aromatic N) is 2. The molecule has 2 rings (SSSR count). The van der Waals surface area contributed by atoms with Crippen molar-refractivity contribution in [2.45, 2.75) is 57.9 Å². The Balaban J connectivity index is 1.93. The van der Waals surface area contributed by atoms with Crippen LogP contribution < -0.4 is 10.1 Å². The van der Waals surface area contributed by atoms with Gasteiger partial charge in [-0.25, -0.2) is 4.98 Å². The van der Waals surface area contributed by atoms with E-state index in [4.69, 9.17) is 16.3 Å². The van der Waals surface area contributed by atoms with E-state index in [1.807, 2.05) is 26.8 Å². The molecule has 0 amide bonds. The number of aromatic nitrogens is 2. The predicted octanol–water partition coefficient (Wildman–Crippen LogP) is 3.78. The van der Waals surface area contributed by atoms with E-state index in [-0.39, 0.29) is 6.10 Å². The highest BCUT2D eigenvalue weighted by Crippen LogP contribution is 2.27. The van der Waals surface area contributed by atoms with Gasteiger partial charge in [0.1, 0.15) is 0 Å². The smallest absolute Gasteiger partial charge is 0.226 e. The Labute approximate surface area is 126 Å². The second kappa shape index (κ2) is 7.11. The van der Waals surface area contributed by atoms with Gasteiger partial charge in [-0.2, -0.15) is 4.98 Å². The molecule has 0 spiro atoms. The van der Waals surface area contributed by atoms with Gasteiger partial charge in [0, 0.05) is 23.7 Å². The van der Waals surface area contributed by atoms with Gasteiger partial charge in [-0.1, -0.05) is 6.42 Å².